The molecule has 3 rings (SSSR count). The van der Waals surface area contributed by atoms with Crippen LogP contribution >= 0.6 is 12.2 Å². The zero-order chi connectivity index (χ0) is 17.1. The molecule has 1 saturated carbocycles. The molecule has 24 heavy (non-hydrogen) atoms. The third-order valence-corrected chi connectivity index (χ3v) is 3.73. The molecule has 1 aromatic heterocycles. The number of H-pyrrole nitrogens is 1. The third kappa shape index (κ3) is 3.51. The molecular formula is C15H15N5O3S. The second-order valence-electron chi connectivity index (χ2n) is 5.31. The molecule has 0 radical (unpaired) electrons. The van der Waals surface area contributed by atoms with E-state index in [1.54, 1.807) is 12.1 Å². The summed E-state index contributed by atoms with van der Waals surface area (Å²) >= 11 is 5.18. The first kappa shape index (κ1) is 15.9. The summed E-state index contributed by atoms with van der Waals surface area (Å²) in [5.74, 6) is -2.29. The van der Waals surface area contributed by atoms with Gasteiger partial charge in [0.05, 0.1) is 0 Å². The predicted octanol–water partition coefficient (Wildman–Crippen LogP) is 0.574. The SMILES string of the molecule is O=C(NNC(=O)c1c[nH]c(=S)n1-c1ccccc1)C(=O)NC1CC1. The van der Waals surface area contributed by atoms with Gasteiger partial charge in [-0.2, -0.15) is 0 Å². The Labute approximate surface area is 142 Å². The molecule has 1 aliphatic carbocycles. The highest BCUT2D eigenvalue weighted by Crippen LogP contribution is 2.18. The highest BCUT2D eigenvalue weighted by atomic mass is 32.1. The molecule has 1 aromatic carbocycles. The van der Waals surface area contributed by atoms with E-state index in [1.165, 1.54) is 10.8 Å². The lowest BCUT2D eigenvalue weighted by molar-refractivity contribution is -0.139. The number of hydrogen-bond donors (Lipinski definition) is 4. The summed E-state index contributed by atoms with van der Waals surface area (Å²) in [6.45, 7) is 0. The van der Waals surface area contributed by atoms with E-state index in [-0.39, 0.29) is 11.7 Å². The number of nitrogens with one attached hydrogen (secondary N) is 4. The number of benzene rings is 1. The number of aromatic nitrogens is 2. The topological polar surface area (TPSA) is 108 Å². The summed E-state index contributed by atoms with van der Waals surface area (Å²) < 4.78 is 1.87. The molecule has 1 aliphatic rings. The van der Waals surface area contributed by atoms with Gasteiger partial charge >= 0.3 is 11.8 Å². The molecule has 1 fully saturated rings. The Morgan fingerprint density at radius 2 is 1.79 bits per heavy atom. The highest BCUT2D eigenvalue weighted by Gasteiger charge is 2.26. The molecule has 0 spiro atoms. The van der Waals surface area contributed by atoms with Gasteiger partial charge in [0.2, 0.25) is 0 Å². The number of amides is 3. The van der Waals surface area contributed by atoms with Crippen LogP contribution in [0, 0.1) is 4.77 Å². The molecule has 2 aromatic rings. The molecule has 8 nitrogen and oxygen atoms in total. The van der Waals surface area contributed by atoms with Crippen LogP contribution in [-0.4, -0.2) is 33.3 Å². The molecule has 9 heteroatoms. The summed E-state index contributed by atoms with van der Waals surface area (Å²) in [5.41, 5.74) is 5.20. The van der Waals surface area contributed by atoms with Crippen LogP contribution in [-0.2, 0) is 9.59 Å². The van der Waals surface area contributed by atoms with Gasteiger partial charge in [-0.1, -0.05) is 18.2 Å². The van der Waals surface area contributed by atoms with E-state index in [9.17, 15) is 14.4 Å². The average molecular weight is 345 g/mol. The number of carbonyl (C=O) groups excluding carboxylic acids is 3. The monoisotopic (exact) mass is 345 g/mol. The zero-order valence-electron chi connectivity index (χ0n) is 12.5. The van der Waals surface area contributed by atoms with Gasteiger partial charge in [0.25, 0.3) is 5.91 Å². The van der Waals surface area contributed by atoms with Crippen molar-refractivity contribution in [1.29, 1.82) is 0 Å². The summed E-state index contributed by atoms with van der Waals surface area (Å²) in [5, 5.41) is 2.53. The van der Waals surface area contributed by atoms with Gasteiger partial charge in [-0.3, -0.25) is 29.8 Å². The quantitative estimate of drug-likeness (QED) is 0.371. The fourth-order valence-corrected chi connectivity index (χ4v) is 2.34. The van der Waals surface area contributed by atoms with Crippen molar-refractivity contribution in [3.05, 3.63) is 47.0 Å². The van der Waals surface area contributed by atoms with Crippen molar-refractivity contribution in [2.75, 3.05) is 0 Å². The summed E-state index contributed by atoms with van der Waals surface area (Å²) in [7, 11) is 0. The average Bonchev–Trinajstić information content (AvgIpc) is 3.32. The van der Waals surface area contributed by atoms with Crippen molar-refractivity contribution in [2.24, 2.45) is 0 Å². The van der Waals surface area contributed by atoms with E-state index in [0.29, 0.717) is 10.5 Å². The van der Waals surface area contributed by atoms with Crippen LogP contribution < -0.4 is 16.2 Å². The van der Waals surface area contributed by atoms with Crippen molar-refractivity contribution in [3.63, 3.8) is 0 Å². The molecule has 0 atom stereocenters. The third-order valence-electron chi connectivity index (χ3n) is 3.43. The smallest absolute Gasteiger partial charge is 0.327 e. The van der Waals surface area contributed by atoms with Crippen LogP contribution in [0.2, 0.25) is 0 Å². The lowest BCUT2D eigenvalue weighted by Gasteiger charge is -2.10. The maximum atomic E-state index is 12.3. The van der Waals surface area contributed by atoms with E-state index >= 15 is 0 Å². The predicted molar refractivity (Wildman–Crippen MR) is 87.7 cm³/mol. The van der Waals surface area contributed by atoms with E-state index in [0.717, 1.165) is 12.8 Å². The Morgan fingerprint density at radius 1 is 1.08 bits per heavy atom. The molecule has 0 unspecified atom stereocenters. The molecule has 0 aliphatic heterocycles. The van der Waals surface area contributed by atoms with Crippen LogP contribution in [0.3, 0.4) is 0 Å². The minimum Gasteiger partial charge on any atom is -0.345 e. The summed E-state index contributed by atoms with van der Waals surface area (Å²) in [4.78, 5) is 38.2. The van der Waals surface area contributed by atoms with Crippen LogP contribution in [0.25, 0.3) is 5.69 Å². The Hall–Kier alpha value is -2.94. The molecule has 3 amide bonds. The van der Waals surface area contributed by atoms with E-state index in [4.69, 9.17) is 12.2 Å². The first-order valence-corrected chi connectivity index (χ1v) is 7.74. The normalized spacial score (nSPS) is 13.2. The highest BCUT2D eigenvalue weighted by molar-refractivity contribution is 7.71. The Balaban J connectivity index is 1.68. The van der Waals surface area contributed by atoms with E-state index in [1.807, 2.05) is 18.2 Å². The zero-order valence-corrected chi connectivity index (χ0v) is 13.4. The fraction of sp³-hybridized carbons (Fsp3) is 0.200. The van der Waals surface area contributed by atoms with Gasteiger partial charge < -0.3 is 10.3 Å². The first-order chi connectivity index (χ1) is 11.6. The van der Waals surface area contributed by atoms with Gasteiger partial charge in [-0.25, -0.2) is 0 Å². The Kier molecular flexibility index (Phi) is 4.43. The Bertz CT molecular complexity index is 838. The molecule has 0 saturated heterocycles. The lowest BCUT2D eigenvalue weighted by Crippen LogP contribution is -2.49. The van der Waals surface area contributed by atoms with Gasteiger partial charge in [0.15, 0.2) is 4.77 Å². The summed E-state index contributed by atoms with van der Waals surface area (Å²) in [6, 6.07) is 9.13. The van der Waals surface area contributed by atoms with Crippen molar-refractivity contribution in [2.45, 2.75) is 18.9 Å². The van der Waals surface area contributed by atoms with E-state index in [2.05, 4.69) is 21.2 Å². The van der Waals surface area contributed by atoms with Crippen molar-refractivity contribution in [1.82, 2.24) is 25.7 Å². The van der Waals surface area contributed by atoms with Gasteiger partial charge in [-0.15, -0.1) is 0 Å². The molecule has 4 N–H and O–H groups in total. The fourth-order valence-electron chi connectivity index (χ4n) is 2.08. The largest absolute Gasteiger partial charge is 0.345 e. The number of nitrogens with zero attached hydrogens (tertiary/aromatic N) is 1. The number of hydrogen-bond acceptors (Lipinski definition) is 4. The van der Waals surface area contributed by atoms with Gasteiger partial charge in [-0.05, 0) is 37.2 Å². The number of hydrazine groups is 1. The van der Waals surface area contributed by atoms with Gasteiger partial charge in [0, 0.05) is 17.9 Å². The standard InChI is InChI=1S/C15H15N5O3S/c21-12(18-19-14(23)13(22)17-9-6-7-9)11-8-16-15(24)20(11)10-4-2-1-3-5-10/h1-5,8-9H,6-7H2,(H,16,24)(H,17,22)(H,18,21)(H,19,23). The van der Waals surface area contributed by atoms with Crippen LogP contribution in [0.15, 0.2) is 36.5 Å². The molecular weight excluding hydrogens is 330 g/mol. The number of imidazole rings is 1. The van der Waals surface area contributed by atoms with Crippen LogP contribution in [0.5, 0.6) is 0 Å². The maximum absolute atomic E-state index is 12.3. The van der Waals surface area contributed by atoms with Crippen LogP contribution in [0.1, 0.15) is 23.3 Å². The van der Waals surface area contributed by atoms with Crippen LogP contribution in [0.4, 0.5) is 0 Å². The van der Waals surface area contributed by atoms with Crippen molar-refractivity contribution >= 4 is 29.9 Å². The van der Waals surface area contributed by atoms with E-state index < -0.39 is 17.7 Å². The number of aromatic amines is 1. The number of para-hydroxylation sites is 1. The number of carbonyl (C=O) groups is 3. The molecule has 0 bridgehead atoms. The minimum absolute atomic E-state index is 0.0617. The van der Waals surface area contributed by atoms with Crippen molar-refractivity contribution < 1.29 is 14.4 Å². The molecule has 1 heterocycles. The van der Waals surface area contributed by atoms with Gasteiger partial charge in [0.1, 0.15) is 5.69 Å². The lowest BCUT2D eigenvalue weighted by atomic mass is 10.3. The Morgan fingerprint density at radius 3 is 2.46 bits per heavy atom. The minimum atomic E-state index is -0.921. The second-order valence-corrected chi connectivity index (χ2v) is 5.69. The molecule has 124 valence electrons. The first-order valence-electron chi connectivity index (χ1n) is 7.33. The maximum Gasteiger partial charge on any atom is 0.327 e. The number of rotatable bonds is 3. The van der Waals surface area contributed by atoms with Crippen molar-refractivity contribution in [3.8, 4) is 5.69 Å². The summed E-state index contributed by atoms with van der Waals surface area (Å²) in [6.07, 6.45) is 3.17. The second kappa shape index (κ2) is 6.67.